The van der Waals surface area contributed by atoms with E-state index >= 15 is 0 Å². The molecule has 14 heteroatoms. The Balaban J connectivity index is 1.21. The number of fused-ring (bicyclic) bond motifs is 1. The molecular formula is C34H43N7O7. The Labute approximate surface area is 277 Å². The number of carbonyl (C=O) groups excluding carboxylic acids is 3. The number of aryl methyl sites for hydroxylation is 1. The van der Waals surface area contributed by atoms with Crippen molar-refractivity contribution in [3.8, 4) is 17.1 Å². The molecule has 0 radical (unpaired) electrons. The van der Waals surface area contributed by atoms with Crippen molar-refractivity contribution in [2.45, 2.75) is 72.6 Å². The molecule has 0 aliphatic rings. The van der Waals surface area contributed by atoms with Gasteiger partial charge in [0.05, 0.1) is 6.42 Å². The highest BCUT2D eigenvalue weighted by atomic mass is 16.6. The SMILES string of the molecule is CCCn1c(=O)c2[nH]c(-c3ccc(OCC(=O)NCCNC(=O)Cc4ccc(NC(=O)OC(C)(C)C)cc4)cc3)nc2n(CCC)c1=O. The maximum absolute atomic E-state index is 13.0. The Bertz CT molecular complexity index is 1850. The van der Waals surface area contributed by atoms with E-state index in [0.29, 0.717) is 54.4 Å². The minimum Gasteiger partial charge on any atom is -0.484 e. The first-order chi connectivity index (χ1) is 22.9. The second kappa shape index (κ2) is 15.9. The highest BCUT2D eigenvalue weighted by molar-refractivity contribution is 5.85. The zero-order chi connectivity index (χ0) is 34.8. The summed E-state index contributed by atoms with van der Waals surface area (Å²) in [6.45, 7) is 10.2. The van der Waals surface area contributed by atoms with Gasteiger partial charge in [-0.25, -0.2) is 14.6 Å². The Hall–Kier alpha value is -5.40. The lowest BCUT2D eigenvalue weighted by Gasteiger charge is -2.19. The van der Waals surface area contributed by atoms with Crippen molar-refractivity contribution in [2.24, 2.45) is 0 Å². The van der Waals surface area contributed by atoms with Crippen molar-refractivity contribution in [1.82, 2.24) is 29.7 Å². The van der Waals surface area contributed by atoms with Crippen LogP contribution >= 0.6 is 0 Å². The number of hydrogen-bond donors (Lipinski definition) is 4. The van der Waals surface area contributed by atoms with Gasteiger partial charge in [-0.2, -0.15) is 0 Å². The lowest BCUT2D eigenvalue weighted by atomic mass is 10.1. The molecule has 256 valence electrons. The van der Waals surface area contributed by atoms with Gasteiger partial charge in [-0.15, -0.1) is 0 Å². The van der Waals surface area contributed by atoms with Crippen LogP contribution < -0.4 is 31.9 Å². The number of carbonyl (C=O) groups is 3. The summed E-state index contributed by atoms with van der Waals surface area (Å²) < 4.78 is 13.6. The van der Waals surface area contributed by atoms with Crippen LogP contribution in [0.1, 0.15) is 53.0 Å². The number of ether oxygens (including phenoxy) is 2. The molecule has 2 aromatic carbocycles. The van der Waals surface area contributed by atoms with Crippen LogP contribution in [0.5, 0.6) is 5.75 Å². The summed E-state index contributed by atoms with van der Waals surface area (Å²) in [5, 5.41) is 8.10. The maximum Gasteiger partial charge on any atom is 0.412 e. The summed E-state index contributed by atoms with van der Waals surface area (Å²) in [5.41, 5.74) is 1.25. The van der Waals surface area contributed by atoms with E-state index in [2.05, 4.69) is 25.9 Å². The number of aromatic nitrogens is 4. The van der Waals surface area contributed by atoms with Gasteiger partial charge in [-0.1, -0.05) is 26.0 Å². The first-order valence-electron chi connectivity index (χ1n) is 16.0. The molecule has 3 amide bonds. The van der Waals surface area contributed by atoms with E-state index in [4.69, 9.17) is 9.47 Å². The van der Waals surface area contributed by atoms with Crippen LogP contribution in [0.2, 0.25) is 0 Å². The monoisotopic (exact) mass is 661 g/mol. The first kappa shape index (κ1) is 35.5. The fourth-order valence-electron chi connectivity index (χ4n) is 4.84. The zero-order valence-corrected chi connectivity index (χ0v) is 28.0. The first-order valence-corrected chi connectivity index (χ1v) is 16.0. The Morgan fingerprint density at radius 2 is 1.48 bits per heavy atom. The highest BCUT2D eigenvalue weighted by Crippen LogP contribution is 2.22. The number of benzene rings is 2. The second-order valence-electron chi connectivity index (χ2n) is 12.2. The molecule has 0 saturated heterocycles. The van der Waals surface area contributed by atoms with Gasteiger partial charge in [-0.3, -0.25) is 28.8 Å². The van der Waals surface area contributed by atoms with E-state index < -0.39 is 17.3 Å². The number of H-pyrrole nitrogens is 1. The largest absolute Gasteiger partial charge is 0.484 e. The molecule has 0 saturated carbocycles. The molecule has 0 bridgehead atoms. The van der Waals surface area contributed by atoms with Gasteiger partial charge in [0.15, 0.2) is 12.3 Å². The molecule has 2 aromatic heterocycles. The molecule has 0 aliphatic carbocycles. The van der Waals surface area contributed by atoms with E-state index in [1.165, 1.54) is 9.13 Å². The number of nitrogens with zero attached hydrogens (tertiary/aromatic N) is 3. The molecule has 0 unspecified atom stereocenters. The van der Waals surface area contributed by atoms with Gasteiger partial charge in [0.1, 0.15) is 22.7 Å². The van der Waals surface area contributed by atoms with E-state index in [0.717, 1.165) is 5.56 Å². The molecule has 4 aromatic rings. The number of hydrogen-bond acceptors (Lipinski definition) is 8. The number of amides is 3. The number of anilines is 1. The van der Waals surface area contributed by atoms with E-state index in [9.17, 15) is 24.0 Å². The van der Waals surface area contributed by atoms with Crippen molar-refractivity contribution in [1.29, 1.82) is 0 Å². The minimum atomic E-state index is -0.603. The normalized spacial score (nSPS) is 11.3. The Morgan fingerprint density at radius 1 is 0.854 bits per heavy atom. The summed E-state index contributed by atoms with van der Waals surface area (Å²) in [7, 11) is 0. The third-order valence-corrected chi connectivity index (χ3v) is 6.99. The molecule has 0 aliphatic heterocycles. The van der Waals surface area contributed by atoms with Crippen molar-refractivity contribution < 1.29 is 23.9 Å². The number of aromatic amines is 1. The molecule has 0 spiro atoms. The van der Waals surface area contributed by atoms with Crippen LogP contribution in [0.4, 0.5) is 10.5 Å². The average molecular weight is 662 g/mol. The third kappa shape index (κ3) is 9.56. The summed E-state index contributed by atoms with van der Waals surface area (Å²) in [4.78, 5) is 70.1. The van der Waals surface area contributed by atoms with Crippen LogP contribution in [0.15, 0.2) is 58.1 Å². The zero-order valence-electron chi connectivity index (χ0n) is 28.0. The van der Waals surface area contributed by atoms with Gasteiger partial charge in [0.25, 0.3) is 11.5 Å². The van der Waals surface area contributed by atoms with Crippen LogP contribution in [0, 0.1) is 0 Å². The molecule has 14 nitrogen and oxygen atoms in total. The topological polar surface area (TPSA) is 178 Å². The highest BCUT2D eigenvalue weighted by Gasteiger charge is 2.18. The quantitative estimate of drug-likeness (QED) is 0.148. The number of nitrogens with one attached hydrogen (secondary N) is 4. The summed E-state index contributed by atoms with van der Waals surface area (Å²) in [6.07, 6.45) is 0.950. The fourth-order valence-corrected chi connectivity index (χ4v) is 4.84. The molecule has 2 heterocycles. The van der Waals surface area contributed by atoms with Crippen molar-refractivity contribution in [2.75, 3.05) is 25.0 Å². The van der Waals surface area contributed by atoms with Gasteiger partial charge in [0, 0.05) is 37.4 Å². The standard InChI is InChI=1S/C34H43N7O7/c1-6-18-40-30-28(31(44)41(19-7-2)33(40)46)38-29(39-30)23-10-14-25(15-11-23)47-21-27(43)36-17-16-35-26(42)20-22-8-12-24(13-9-22)37-32(45)48-34(3,4)5/h8-15H,6-7,16-21H2,1-5H3,(H,35,42)(H,36,43)(H,37,45)(H,38,39). The van der Waals surface area contributed by atoms with E-state index in [-0.39, 0.29) is 49.1 Å². The van der Waals surface area contributed by atoms with Crippen molar-refractivity contribution >= 4 is 34.8 Å². The molecule has 4 N–H and O–H groups in total. The lowest BCUT2D eigenvalue weighted by Crippen LogP contribution is -2.40. The van der Waals surface area contributed by atoms with Gasteiger partial charge >= 0.3 is 11.8 Å². The van der Waals surface area contributed by atoms with Crippen LogP contribution in [0.3, 0.4) is 0 Å². The molecule has 0 atom stereocenters. The van der Waals surface area contributed by atoms with Crippen LogP contribution in [-0.2, 0) is 33.8 Å². The van der Waals surface area contributed by atoms with Gasteiger partial charge < -0.3 is 25.1 Å². The summed E-state index contributed by atoms with van der Waals surface area (Å²) in [6, 6.07) is 13.7. The molecule has 48 heavy (non-hydrogen) atoms. The summed E-state index contributed by atoms with van der Waals surface area (Å²) in [5.74, 6) is 0.340. The Kier molecular flexibility index (Phi) is 11.8. The van der Waals surface area contributed by atoms with E-state index in [1.807, 2.05) is 13.8 Å². The molecular weight excluding hydrogens is 618 g/mol. The van der Waals surface area contributed by atoms with E-state index in [1.54, 1.807) is 69.3 Å². The van der Waals surface area contributed by atoms with Gasteiger partial charge in [0.2, 0.25) is 5.91 Å². The van der Waals surface area contributed by atoms with Gasteiger partial charge in [-0.05, 0) is 75.6 Å². The van der Waals surface area contributed by atoms with Crippen molar-refractivity contribution in [3.05, 3.63) is 74.9 Å². The maximum atomic E-state index is 13.0. The number of rotatable bonds is 14. The summed E-state index contributed by atoms with van der Waals surface area (Å²) >= 11 is 0. The molecule has 0 fully saturated rings. The Morgan fingerprint density at radius 3 is 2.10 bits per heavy atom. The predicted octanol–water partition coefficient (Wildman–Crippen LogP) is 3.57. The average Bonchev–Trinajstić information content (AvgIpc) is 3.48. The lowest BCUT2D eigenvalue weighted by molar-refractivity contribution is -0.124. The third-order valence-electron chi connectivity index (χ3n) is 6.99. The van der Waals surface area contributed by atoms with Crippen LogP contribution in [0.25, 0.3) is 22.6 Å². The minimum absolute atomic E-state index is 0.142. The molecule has 4 rings (SSSR count). The predicted molar refractivity (Wildman–Crippen MR) is 182 cm³/mol. The smallest absolute Gasteiger partial charge is 0.412 e. The fraction of sp³-hybridized carbons (Fsp3) is 0.412. The second-order valence-corrected chi connectivity index (χ2v) is 12.2. The van der Waals surface area contributed by atoms with Crippen molar-refractivity contribution in [3.63, 3.8) is 0 Å². The van der Waals surface area contributed by atoms with Crippen LogP contribution in [-0.4, -0.2) is 62.3 Å². The number of imidazole rings is 1.